The molecule has 0 unspecified atom stereocenters. The van der Waals surface area contributed by atoms with E-state index in [9.17, 15) is 4.79 Å². The molecule has 1 saturated heterocycles. The van der Waals surface area contributed by atoms with Crippen LogP contribution in [0.1, 0.15) is 22.2 Å². The lowest BCUT2D eigenvalue weighted by Gasteiger charge is -2.10. The number of hydrogen-bond donors (Lipinski definition) is 0. The monoisotopic (exact) mass is 254 g/mol. The van der Waals surface area contributed by atoms with Crippen molar-refractivity contribution >= 4 is 6.29 Å². The molecular formula is C16H14O3. The Kier molecular flexibility index (Phi) is 3.40. The van der Waals surface area contributed by atoms with Crippen molar-refractivity contribution in [2.45, 2.75) is 6.29 Å². The lowest BCUT2D eigenvalue weighted by molar-refractivity contribution is -0.0441. The zero-order valence-electron chi connectivity index (χ0n) is 10.4. The zero-order valence-corrected chi connectivity index (χ0v) is 10.4. The predicted molar refractivity (Wildman–Crippen MR) is 71.9 cm³/mol. The van der Waals surface area contributed by atoms with Crippen LogP contribution in [-0.2, 0) is 9.47 Å². The highest BCUT2D eigenvalue weighted by atomic mass is 16.7. The van der Waals surface area contributed by atoms with Gasteiger partial charge in [-0.3, -0.25) is 4.79 Å². The highest BCUT2D eigenvalue weighted by molar-refractivity contribution is 5.78. The third-order valence-corrected chi connectivity index (χ3v) is 3.16. The summed E-state index contributed by atoms with van der Waals surface area (Å²) >= 11 is 0. The second-order valence-electron chi connectivity index (χ2n) is 4.44. The average Bonchev–Trinajstić information content (AvgIpc) is 3.02. The molecule has 0 amide bonds. The highest BCUT2D eigenvalue weighted by Gasteiger charge is 2.17. The van der Waals surface area contributed by atoms with Crippen molar-refractivity contribution in [2.24, 2.45) is 0 Å². The van der Waals surface area contributed by atoms with Crippen molar-refractivity contribution in [1.82, 2.24) is 0 Å². The van der Waals surface area contributed by atoms with Gasteiger partial charge in [0, 0.05) is 11.1 Å². The van der Waals surface area contributed by atoms with E-state index in [2.05, 4.69) is 0 Å². The van der Waals surface area contributed by atoms with Crippen LogP contribution in [0, 0.1) is 0 Å². The van der Waals surface area contributed by atoms with E-state index in [-0.39, 0.29) is 6.29 Å². The van der Waals surface area contributed by atoms with Crippen molar-refractivity contribution in [3.8, 4) is 11.1 Å². The first-order valence-corrected chi connectivity index (χ1v) is 6.25. The quantitative estimate of drug-likeness (QED) is 0.789. The van der Waals surface area contributed by atoms with Gasteiger partial charge in [0.15, 0.2) is 6.29 Å². The molecule has 0 bridgehead atoms. The van der Waals surface area contributed by atoms with Crippen molar-refractivity contribution < 1.29 is 14.3 Å². The van der Waals surface area contributed by atoms with Crippen LogP contribution in [0.2, 0.25) is 0 Å². The van der Waals surface area contributed by atoms with Crippen LogP contribution >= 0.6 is 0 Å². The normalized spacial score (nSPS) is 15.6. The molecule has 19 heavy (non-hydrogen) atoms. The Hall–Kier alpha value is -1.97. The minimum absolute atomic E-state index is 0.240. The molecular weight excluding hydrogens is 240 g/mol. The fourth-order valence-electron chi connectivity index (χ4n) is 2.18. The minimum atomic E-state index is -0.240. The van der Waals surface area contributed by atoms with Gasteiger partial charge >= 0.3 is 0 Å². The van der Waals surface area contributed by atoms with Crippen LogP contribution < -0.4 is 0 Å². The van der Waals surface area contributed by atoms with Crippen LogP contribution in [0.25, 0.3) is 11.1 Å². The van der Waals surface area contributed by atoms with E-state index in [1.807, 2.05) is 42.5 Å². The molecule has 0 aliphatic carbocycles. The number of benzene rings is 2. The van der Waals surface area contributed by atoms with Crippen LogP contribution in [0.3, 0.4) is 0 Å². The molecule has 0 aromatic heterocycles. The molecule has 0 radical (unpaired) electrons. The van der Waals surface area contributed by atoms with E-state index >= 15 is 0 Å². The summed E-state index contributed by atoms with van der Waals surface area (Å²) in [6.07, 6.45) is 0.619. The fraction of sp³-hybridized carbons (Fsp3) is 0.188. The Bertz CT molecular complexity index is 569. The molecule has 1 aliphatic rings. The lowest BCUT2D eigenvalue weighted by Crippen LogP contribution is -1.97. The summed E-state index contributed by atoms with van der Waals surface area (Å²) in [5, 5.41) is 0. The molecule has 3 heteroatoms. The number of ether oxygens (including phenoxy) is 2. The standard InChI is InChI=1S/C16H14O3/c17-11-12-2-1-3-15(10-12)13-4-6-14(7-5-13)16-18-8-9-19-16/h1-7,10-11,16H,8-9H2. The molecule has 1 heterocycles. The number of rotatable bonds is 3. The second-order valence-corrected chi connectivity index (χ2v) is 4.44. The Morgan fingerprint density at radius 1 is 0.947 bits per heavy atom. The van der Waals surface area contributed by atoms with Crippen molar-refractivity contribution in [1.29, 1.82) is 0 Å². The molecule has 0 spiro atoms. The van der Waals surface area contributed by atoms with E-state index in [1.54, 1.807) is 6.07 Å². The maximum Gasteiger partial charge on any atom is 0.184 e. The first-order chi connectivity index (χ1) is 9.36. The lowest BCUT2D eigenvalue weighted by atomic mass is 10.0. The van der Waals surface area contributed by atoms with E-state index in [0.717, 1.165) is 23.0 Å². The number of carbonyl (C=O) groups excluding carboxylic acids is 1. The zero-order chi connectivity index (χ0) is 13.1. The summed E-state index contributed by atoms with van der Waals surface area (Å²) in [6.45, 7) is 1.29. The Morgan fingerprint density at radius 2 is 1.68 bits per heavy atom. The van der Waals surface area contributed by atoms with Gasteiger partial charge in [0.05, 0.1) is 13.2 Å². The topological polar surface area (TPSA) is 35.5 Å². The maximum absolute atomic E-state index is 10.8. The van der Waals surface area contributed by atoms with Gasteiger partial charge in [-0.15, -0.1) is 0 Å². The fourth-order valence-corrected chi connectivity index (χ4v) is 2.18. The van der Waals surface area contributed by atoms with Gasteiger partial charge in [-0.25, -0.2) is 0 Å². The maximum atomic E-state index is 10.8. The Labute approximate surface area is 111 Å². The van der Waals surface area contributed by atoms with Gasteiger partial charge in [-0.05, 0) is 17.2 Å². The molecule has 0 N–H and O–H groups in total. The minimum Gasteiger partial charge on any atom is -0.346 e. The van der Waals surface area contributed by atoms with Gasteiger partial charge in [-0.2, -0.15) is 0 Å². The molecule has 2 aromatic carbocycles. The van der Waals surface area contributed by atoms with Crippen molar-refractivity contribution in [3.63, 3.8) is 0 Å². The van der Waals surface area contributed by atoms with Crippen LogP contribution in [0.5, 0.6) is 0 Å². The molecule has 3 nitrogen and oxygen atoms in total. The van der Waals surface area contributed by atoms with Gasteiger partial charge in [0.1, 0.15) is 6.29 Å². The SMILES string of the molecule is O=Cc1cccc(-c2ccc(C3OCCO3)cc2)c1. The summed E-state index contributed by atoms with van der Waals surface area (Å²) in [5.74, 6) is 0. The largest absolute Gasteiger partial charge is 0.346 e. The second kappa shape index (κ2) is 5.34. The molecule has 2 aromatic rings. The predicted octanol–water partition coefficient (Wildman–Crippen LogP) is 3.21. The first kappa shape index (κ1) is 12.1. The van der Waals surface area contributed by atoms with Crippen molar-refractivity contribution in [3.05, 3.63) is 59.7 Å². The summed E-state index contributed by atoms with van der Waals surface area (Å²) in [6, 6.07) is 15.6. The molecule has 1 fully saturated rings. The third kappa shape index (κ3) is 2.57. The van der Waals surface area contributed by atoms with Crippen LogP contribution in [-0.4, -0.2) is 19.5 Å². The van der Waals surface area contributed by atoms with E-state index in [1.165, 1.54) is 0 Å². The van der Waals surface area contributed by atoms with Crippen LogP contribution in [0.15, 0.2) is 48.5 Å². The summed E-state index contributed by atoms with van der Waals surface area (Å²) in [5.41, 5.74) is 3.81. The summed E-state index contributed by atoms with van der Waals surface area (Å²) in [7, 11) is 0. The third-order valence-electron chi connectivity index (χ3n) is 3.16. The van der Waals surface area contributed by atoms with Gasteiger partial charge in [-0.1, -0.05) is 42.5 Å². The van der Waals surface area contributed by atoms with E-state index in [0.29, 0.717) is 18.8 Å². The first-order valence-electron chi connectivity index (χ1n) is 6.25. The Balaban J connectivity index is 1.86. The van der Waals surface area contributed by atoms with Gasteiger partial charge in [0.2, 0.25) is 0 Å². The number of carbonyl (C=O) groups is 1. The van der Waals surface area contributed by atoms with Crippen molar-refractivity contribution in [2.75, 3.05) is 13.2 Å². The van der Waals surface area contributed by atoms with E-state index in [4.69, 9.17) is 9.47 Å². The van der Waals surface area contributed by atoms with Gasteiger partial charge in [0.25, 0.3) is 0 Å². The van der Waals surface area contributed by atoms with Crippen LogP contribution in [0.4, 0.5) is 0 Å². The number of aldehydes is 1. The molecule has 1 aliphatic heterocycles. The van der Waals surface area contributed by atoms with Gasteiger partial charge < -0.3 is 9.47 Å². The molecule has 96 valence electrons. The number of hydrogen-bond acceptors (Lipinski definition) is 3. The average molecular weight is 254 g/mol. The molecule has 0 atom stereocenters. The summed E-state index contributed by atoms with van der Waals surface area (Å²) in [4.78, 5) is 10.8. The molecule has 3 rings (SSSR count). The molecule has 0 saturated carbocycles. The van der Waals surface area contributed by atoms with E-state index < -0.39 is 0 Å². The smallest absolute Gasteiger partial charge is 0.184 e. The summed E-state index contributed by atoms with van der Waals surface area (Å²) < 4.78 is 10.9. The highest BCUT2D eigenvalue weighted by Crippen LogP contribution is 2.26. The Morgan fingerprint density at radius 3 is 2.37 bits per heavy atom.